The van der Waals surface area contributed by atoms with Crippen LogP contribution in [0.25, 0.3) is 0 Å². The summed E-state index contributed by atoms with van der Waals surface area (Å²) in [7, 11) is 6.79. The van der Waals surface area contributed by atoms with E-state index in [1.54, 1.807) is 28.4 Å². The van der Waals surface area contributed by atoms with Crippen LogP contribution >= 0.6 is 0 Å². The van der Waals surface area contributed by atoms with Crippen molar-refractivity contribution in [2.75, 3.05) is 28.4 Å². The normalized spacial score (nSPS) is 11.0. The van der Waals surface area contributed by atoms with Crippen molar-refractivity contribution < 1.29 is 18.9 Å². The van der Waals surface area contributed by atoms with Gasteiger partial charge in [-0.1, -0.05) is 0 Å². The maximum absolute atomic E-state index is 5.46. The van der Waals surface area contributed by atoms with Crippen LogP contribution in [0.2, 0.25) is 0 Å². The van der Waals surface area contributed by atoms with E-state index < -0.39 is 18.4 Å². The molecule has 0 aliphatic heterocycles. The minimum absolute atomic E-state index is 0.845. The number of hydrogen-bond donors (Lipinski definition) is 0. The number of rotatable bonds is 8. The molecular weight excluding hydrogens is 519 g/mol. The Morgan fingerprint density at radius 1 is 0.333 bits per heavy atom. The quantitative estimate of drug-likeness (QED) is 0.318. The van der Waals surface area contributed by atoms with Crippen LogP contribution in [0, 0.1) is 0 Å². The predicted octanol–water partition coefficient (Wildman–Crippen LogP) is 3.10. The molecule has 0 spiro atoms. The Bertz CT molecular complexity index is 973. The Balaban J connectivity index is 2.05. The van der Waals surface area contributed by atoms with E-state index in [1.165, 1.54) is 14.3 Å². The monoisotopic (exact) mass is 548 g/mol. The summed E-state index contributed by atoms with van der Waals surface area (Å²) in [4.78, 5) is 0. The molecule has 0 N–H and O–H groups in total. The van der Waals surface area contributed by atoms with Crippen molar-refractivity contribution in [2.45, 2.75) is 0 Å². The molecule has 33 heavy (non-hydrogen) atoms. The fourth-order valence-corrected chi connectivity index (χ4v) is 17.7. The van der Waals surface area contributed by atoms with E-state index in [2.05, 4.69) is 97.1 Å². The van der Waals surface area contributed by atoms with Gasteiger partial charge in [0.1, 0.15) is 0 Å². The summed E-state index contributed by atoms with van der Waals surface area (Å²) in [5.74, 6) is 3.38. The Morgan fingerprint density at radius 3 is 0.667 bits per heavy atom. The molecule has 0 fully saturated rings. The maximum atomic E-state index is 5.46. The van der Waals surface area contributed by atoms with Crippen molar-refractivity contribution in [1.82, 2.24) is 0 Å². The number of methoxy groups -OCH3 is 4. The first-order chi connectivity index (χ1) is 16.1. The summed E-state index contributed by atoms with van der Waals surface area (Å²) in [6, 6.07) is 34.2. The van der Waals surface area contributed by atoms with E-state index >= 15 is 0 Å². The van der Waals surface area contributed by atoms with Crippen molar-refractivity contribution >= 4 is 32.7 Å². The van der Waals surface area contributed by atoms with Crippen LogP contribution in [-0.4, -0.2) is 46.8 Å². The van der Waals surface area contributed by atoms with Gasteiger partial charge in [0.05, 0.1) is 0 Å². The number of benzene rings is 4. The van der Waals surface area contributed by atoms with E-state index in [0.29, 0.717) is 0 Å². The molecule has 0 saturated carbocycles. The minimum atomic E-state index is -3.73. The molecule has 0 saturated heterocycles. The van der Waals surface area contributed by atoms with E-state index in [-0.39, 0.29) is 0 Å². The van der Waals surface area contributed by atoms with E-state index in [9.17, 15) is 0 Å². The summed E-state index contributed by atoms with van der Waals surface area (Å²) in [5, 5.41) is 0. The van der Waals surface area contributed by atoms with Gasteiger partial charge in [0.15, 0.2) is 0 Å². The first-order valence-electron chi connectivity index (χ1n) is 10.7. The second kappa shape index (κ2) is 10.2. The third-order valence-corrected chi connectivity index (χ3v) is 19.8. The van der Waals surface area contributed by atoms with E-state index in [1.807, 2.05) is 0 Å². The van der Waals surface area contributed by atoms with E-state index in [0.717, 1.165) is 23.0 Å². The average molecular weight is 547 g/mol. The van der Waals surface area contributed by atoms with Gasteiger partial charge in [-0.05, 0) is 0 Å². The molecule has 0 aromatic heterocycles. The van der Waals surface area contributed by atoms with Gasteiger partial charge < -0.3 is 0 Å². The summed E-state index contributed by atoms with van der Waals surface area (Å²) >= 11 is -3.73. The predicted molar refractivity (Wildman–Crippen MR) is 136 cm³/mol. The van der Waals surface area contributed by atoms with Gasteiger partial charge in [0.25, 0.3) is 0 Å². The molecule has 0 atom stereocenters. The van der Waals surface area contributed by atoms with Gasteiger partial charge >= 0.3 is 200 Å². The first-order valence-corrected chi connectivity index (χ1v) is 16.4. The van der Waals surface area contributed by atoms with Gasteiger partial charge in [0.2, 0.25) is 0 Å². The third-order valence-electron chi connectivity index (χ3n) is 6.09. The zero-order valence-electron chi connectivity index (χ0n) is 19.4. The zero-order valence-corrected chi connectivity index (χ0v) is 22.2. The SMILES string of the molecule is COc1cc[c]([Sn]([c]2ccc(OC)cc2)([c]2ccc(OC)cc2)[c]2ccc(OC)cc2)cc1. The molecule has 0 heterocycles. The fraction of sp³-hybridized carbons (Fsp3) is 0.143. The van der Waals surface area contributed by atoms with Crippen LogP contribution in [0.5, 0.6) is 23.0 Å². The Labute approximate surface area is 199 Å². The molecule has 4 rings (SSSR count). The van der Waals surface area contributed by atoms with Gasteiger partial charge in [-0.3, -0.25) is 0 Å². The van der Waals surface area contributed by atoms with Crippen LogP contribution in [-0.2, 0) is 0 Å². The molecule has 4 aromatic carbocycles. The molecular formula is C28H28O4Sn. The molecule has 0 aliphatic rings. The van der Waals surface area contributed by atoms with Crippen molar-refractivity contribution in [3.8, 4) is 23.0 Å². The second-order valence-electron chi connectivity index (χ2n) is 7.66. The summed E-state index contributed by atoms with van der Waals surface area (Å²) in [6.45, 7) is 0. The van der Waals surface area contributed by atoms with Crippen LogP contribution < -0.4 is 33.3 Å². The molecule has 168 valence electrons. The summed E-state index contributed by atoms with van der Waals surface area (Å²) < 4.78 is 27.2. The van der Waals surface area contributed by atoms with Crippen molar-refractivity contribution in [2.24, 2.45) is 0 Å². The zero-order chi connectivity index (χ0) is 23.3. The molecule has 0 unspecified atom stereocenters. The third kappa shape index (κ3) is 4.40. The van der Waals surface area contributed by atoms with Crippen LogP contribution in [0.4, 0.5) is 0 Å². The van der Waals surface area contributed by atoms with Crippen molar-refractivity contribution in [3.05, 3.63) is 97.1 Å². The molecule has 0 aliphatic carbocycles. The second-order valence-corrected chi connectivity index (χ2v) is 18.5. The van der Waals surface area contributed by atoms with Gasteiger partial charge in [-0.2, -0.15) is 0 Å². The molecule has 0 amide bonds. The summed E-state index contributed by atoms with van der Waals surface area (Å²) in [5.41, 5.74) is 0. The number of hydrogen-bond acceptors (Lipinski definition) is 4. The van der Waals surface area contributed by atoms with Crippen LogP contribution in [0.15, 0.2) is 97.1 Å². The fourth-order valence-electron chi connectivity index (χ4n) is 4.36. The molecule has 4 aromatic rings. The molecule has 0 radical (unpaired) electrons. The molecule has 5 heteroatoms. The molecule has 0 bridgehead atoms. The van der Waals surface area contributed by atoms with E-state index in [4.69, 9.17) is 18.9 Å². The van der Waals surface area contributed by atoms with Gasteiger partial charge in [0, 0.05) is 0 Å². The Hall–Kier alpha value is -3.12. The van der Waals surface area contributed by atoms with Gasteiger partial charge in [-0.15, -0.1) is 0 Å². The first kappa shape index (κ1) is 23.1. The molecule has 4 nitrogen and oxygen atoms in total. The topological polar surface area (TPSA) is 36.9 Å². The number of ether oxygens (including phenoxy) is 4. The Kier molecular flexibility index (Phi) is 7.13. The van der Waals surface area contributed by atoms with Crippen molar-refractivity contribution in [3.63, 3.8) is 0 Å². The van der Waals surface area contributed by atoms with Crippen LogP contribution in [0.3, 0.4) is 0 Å². The van der Waals surface area contributed by atoms with Gasteiger partial charge in [-0.25, -0.2) is 0 Å². The average Bonchev–Trinajstić information content (AvgIpc) is 2.90. The Morgan fingerprint density at radius 2 is 0.515 bits per heavy atom. The van der Waals surface area contributed by atoms with Crippen molar-refractivity contribution in [1.29, 1.82) is 0 Å². The standard InChI is InChI=1S/4C7H7O.Sn/c4*1-8-7-5-3-2-4-6-7;/h4*3-6H,1H3;. The summed E-state index contributed by atoms with van der Waals surface area (Å²) in [6.07, 6.45) is 0. The van der Waals surface area contributed by atoms with Crippen LogP contribution in [0.1, 0.15) is 0 Å².